The minimum atomic E-state index is -4.67. The lowest BCUT2D eigenvalue weighted by Gasteiger charge is -2.34. The van der Waals surface area contributed by atoms with Gasteiger partial charge in [-0.3, -0.25) is 9.69 Å². The number of aliphatic hydroxyl groups is 1. The zero-order valence-corrected chi connectivity index (χ0v) is 22.2. The van der Waals surface area contributed by atoms with Crippen LogP contribution in [0.5, 0.6) is 5.75 Å². The number of nitrogens with zero attached hydrogens (tertiary/aromatic N) is 7. The van der Waals surface area contributed by atoms with Crippen LogP contribution in [0.25, 0.3) is 22.4 Å². The number of benzene rings is 1. The molecule has 2 atom stereocenters. The van der Waals surface area contributed by atoms with Crippen LogP contribution >= 0.6 is 0 Å². The highest BCUT2D eigenvalue weighted by Gasteiger charge is 2.37. The van der Waals surface area contributed by atoms with Crippen molar-refractivity contribution < 1.29 is 27.8 Å². The maximum atomic E-state index is 14.0. The second-order valence-electron chi connectivity index (χ2n) is 10.5. The van der Waals surface area contributed by atoms with Crippen molar-refractivity contribution >= 4 is 17.1 Å². The third-order valence-electron chi connectivity index (χ3n) is 7.74. The van der Waals surface area contributed by atoms with Gasteiger partial charge in [0.1, 0.15) is 23.0 Å². The minimum Gasteiger partial charge on any atom is -0.493 e. The number of aromatic nitrogens is 4. The van der Waals surface area contributed by atoms with Crippen LogP contribution < -0.4 is 4.74 Å². The summed E-state index contributed by atoms with van der Waals surface area (Å²) in [6.07, 6.45) is -1.21. The lowest BCUT2D eigenvalue weighted by Crippen LogP contribution is -2.47. The Hall–Kier alpha value is -3.76. The van der Waals surface area contributed by atoms with E-state index >= 15 is 0 Å². The third kappa shape index (κ3) is 5.59. The fourth-order valence-electron chi connectivity index (χ4n) is 5.53. The summed E-state index contributed by atoms with van der Waals surface area (Å²) >= 11 is 0. The maximum Gasteiger partial charge on any atom is 0.419 e. The van der Waals surface area contributed by atoms with Crippen molar-refractivity contribution in [1.82, 2.24) is 29.3 Å². The largest absolute Gasteiger partial charge is 0.493 e. The van der Waals surface area contributed by atoms with E-state index < -0.39 is 17.8 Å². The Morgan fingerprint density at radius 1 is 1.23 bits per heavy atom. The fraction of sp³-hybridized carbons (Fsp3) is 0.519. The van der Waals surface area contributed by atoms with Gasteiger partial charge < -0.3 is 19.3 Å². The van der Waals surface area contributed by atoms with E-state index in [0.717, 1.165) is 18.9 Å². The highest BCUT2D eigenvalue weighted by Crippen LogP contribution is 2.39. The fourth-order valence-corrected chi connectivity index (χ4v) is 5.53. The van der Waals surface area contributed by atoms with Crippen molar-refractivity contribution in [1.29, 1.82) is 5.26 Å². The zero-order valence-electron chi connectivity index (χ0n) is 22.2. The number of carbonyl (C=O) groups is 1. The van der Waals surface area contributed by atoms with Crippen molar-refractivity contribution in [2.24, 2.45) is 13.0 Å². The van der Waals surface area contributed by atoms with Gasteiger partial charge in [-0.25, -0.2) is 9.97 Å². The van der Waals surface area contributed by atoms with Gasteiger partial charge in [-0.2, -0.15) is 23.4 Å². The molecular weight excluding hydrogens is 527 g/mol. The second-order valence-corrected chi connectivity index (χ2v) is 10.5. The summed E-state index contributed by atoms with van der Waals surface area (Å²) in [6.45, 7) is 1.75. The van der Waals surface area contributed by atoms with Crippen LogP contribution in [-0.4, -0.2) is 85.8 Å². The number of amides is 1. The van der Waals surface area contributed by atoms with Crippen LogP contribution in [0, 0.1) is 17.2 Å². The number of carbonyl (C=O) groups excluding carboxylic acids is 1. The van der Waals surface area contributed by atoms with Crippen LogP contribution in [0.3, 0.4) is 0 Å². The molecule has 0 saturated carbocycles. The molecule has 1 aromatic carbocycles. The number of fused-ring (bicyclic) bond motifs is 1. The number of aliphatic hydroxyl groups excluding tert-OH is 1. The topological polar surface area (TPSA) is 120 Å². The molecule has 0 spiro atoms. The molecule has 0 aliphatic carbocycles. The molecule has 2 saturated heterocycles. The molecule has 1 amide bonds. The Balaban J connectivity index is 1.24. The van der Waals surface area contributed by atoms with E-state index in [0.29, 0.717) is 43.6 Å². The van der Waals surface area contributed by atoms with Gasteiger partial charge in [0.05, 0.1) is 30.6 Å². The second kappa shape index (κ2) is 11.0. The van der Waals surface area contributed by atoms with Gasteiger partial charge in [-0.1, -0.05) is 0 Å². The van der Waals surface area contributed by atoms with Crippen LogP contribution in [0.2, 0.25) is 0 Å². The van der Waals surface area contributed by atoms with Gasteiger partial charge in [-0.15, -0.1) is 0 Å². The van der Waals surface area contributed by atoms with Gasteiger partial charge >= 0.3 is 6.18 Å². The highest BCUT2D eigenvalue weighted by molar-refractivity contribution is 5.88. The van der Waals surface area contributed by atoms with Crippen molar-refractivity contribution in [2.45, 2.75) is 44.0 Å². The number of halogens is 3. The lowest BCUT2D eigenvalue weighted by atomic mass is 9.93. The van der Waals surface area contributed by atoms with Gasteiger partial charge in [0.2, 0.25) is 11.7 Å². The van der Waals surface area contributed by atoms with Crippen molar-refractivity contribution in [3.05, 3.63) is 35.9 Å². The quantitative estimate of drug-likeness (QED) is 0.491. The maximum absolute atomic E-state index is 14.0. The molecule has 1 N–H and O–H groups in total. The first-order valence-electron chi connectivity index (χ1n) is 13.2. The Morgan fingerprint density at radius 2 is 1.98 bits per heavy atom. The Bertz CT molecular complexity index is 1440. The van der Waals surface area contributed by atoms with Crippen molar-refractivity contribution in [3.63, 3.8) is 0 Å². The van der Waals surface area contributed by atoms with E-state index in [1.54, 1.807) is 11.6 Å². The molecule has 40 heavy (non-hydrogen) atoms. The van der Waals surface area contributed by atoms with Gasteiger partial charge in [-0.05, 0) is 56.8 Å². The smallest absolute Gasteiger partial charge is 0.419 e. The number of rotatable bonds is 6. The molecular formula is C27H30F3N7O3. The standard InChI is InChI=1S/C27H30F3N7O3/c1-35-14-18(38)12-20(35)26(39)37-8-5-16(6-9-37)7-10-40-21-4-3-17(11-19(21)27(28,29)30)23-24-25(36(2)15-32-24)34-22(13-31)33-23/h3-4,11,15-16,18,20,38H,5-10,12,14H2,1-2H3/t18-,20-/m0/s1. The van der Waals surface area contributed by atoms with Crippen LogP contribution in [-0.2, 0) is 18.0 Å². The Morgan fingerprint density at radius 3 is 2.62 bits per heavy atom. The molecule has 10 nitrogen and oxygen atoms in total. The van der Waals surface area contributed by atoms with Crippen LogP contribution in [0.1, 0.15) is 37.1 Å². The average Bonchev–Trinajstić information content (AvgIpc) is 3.48. The van der Waals surface area contributed by atoms with Crippen LogP contribution in [0.4, 0.5) is 13.2 Å². The number of alkyl halides is 3. The summed E-state index contributed by atoms with van der Waals surface area (Å²) < 4.78 is 49.3. The molecule has 2 fully saturated rings. The first-order valence-corrected chi connectivity index (χ1v) is 13.2. The molecule has 0 bridgehead atoms. The van der Waals surface area contributed by atoms with Crippen molar-refractivity contribution in [3.8, 4) is 23.1 Å². The Kier molecular flexibility index (Phi) is 7.65. The molecule has 212 valence electrons. The third-order valence-corrected chi connectivity index (χ3v) is 7.74. The van der Waals surface area contributed by atoms with Crippen LogP contribution in [0.15, 0.2) is 24.5 Å². The molecule has 2 aliphatic heterocycles. The first-order chi connectivity index (χ1) is 19.0. The first kappa shape index (κ1) is 27.8. The number of likely N-dealkylation sites (N-methyl/N-ethyl adjacent to an activating group) is 1. The highest BCUT2D eigenvalue weighted by atomic mass is 19.4. The van der Waals surface area contributed by atoms with E-state index in [9.17, 15) is 28.3 Å². The number of β-amino-alcohol motifs (C(OH)–C–C–N with tert-alkyl or cyclic N) is 1. The summed E-state index contributed by atoms with van der Waals surface area (Å²) in [5, 5.41) is 19.1. The number of nitriles is 1. The molecule has 2 aromatic heterocycles. The molecule has 0 radical (unpaired) electrons. The average molecular weight is 558 g/mol. The molecule has 13 heteroatoms. The number of hydrogen-bond donors (Lipinski definition) is 1. The Labute approximate surface area is 229 Å². The van der Waals surface area contributed by atoms with E-state index in [2.05, 4.69) is 15.0 Å². The molecule has 5 rings (SSSR count). The van der Waals surface area contributed by atoms with Gasteiger partial charge in [0.15, 0.2) is 5.65 Å². The molecule has 4 heterocycles. The monoisotopic (exact) mass is 557 g/mol. The number of imidazole rings is 1. The van der Waals surface area contributed by atoms with E-state index in [4.69, 9.17) is 4.74 Å². The van der Waals surface area contributed by atoms with Gasteiger partial charge in [0.25, 0.3) is 0 Å². The predicted octanol–water partition coefficient (Wildman–Crippen LogP) is 2.99. The summed E-state index contributed by atoms with van der Waals surface area (Å²) in [5.74, 6) is -0.191. The van der Waals surface area contributed by atoms with E-state index in [1.807, 2.05) is 22.9 Å². The predicted molar refractivity (Wildman–Crippen MR) is 138 cm³/mol. The summed E-state index contributed by atoms with van der Waals surface area (Å²) in [7, 11) is 3.51. The molecule has 2 aliphatic rings. The SMILES string of the molecule is CN1C[C@@H](O)C[C@H]1C(=O)N1CCC(CCOc2ccc(-c3nc(C#N)nc4c3ncn4C)cc2C(F)(F)F)CC1. The summed E-state index contributed by atoms with van der Waals surface area (Å²) in [4.78, 5) is 29.0. The van der Waals surface area contributed by atoms with Crippen molar-refractivity contribution in [2.75, 3.05) is 33.3 Å². The summed E-state index contributed by atoms with van der Waals surface area (Å²) in [6, 6.07) is 5.25. The zero-order chi connectivity index (χ0) is 28.6. The number of hydrogen-bond acceptors (Lipinski definition) is 8. The summed E-state index contributed by atoms with van der Waals surface area (Å²) in [5.41, 5.74) is -0.00653. The number of piperidine rings is 1. The molecule has 3 aromatic rings. The number of ether oxygens (including phenoxy) is 1. The van der Waals surface area contributed by atoms with Gasteiger partial charge in [0, 0.05) is 32.2 Å². The van der Waals surface area contributed by atoms with E-state index in [1.165, 1.54) is 18.5 Å². The molecule has 0 unspecified atom stereocenters. The van der Waals surface area contributed by atoms with E-state index in [-0.39, 0.29) is 47.3 Å². The minimum absolute atomic E-state index is 0.0252. The number of likely N-dealkylation sites (tertiary alicyclic amines) is 2. The number of aryl methyl sites for hydroxylation is 1. The lowest BCUT2D eigenvalue weighted by molar-refractivity contribution is -0.139. The normalized spacial score (nSPS) is 20.7.